The van der Waals surface area contributed by atoms with Crippen molar-refractivity contribution < 1.29 is 8.78 Å². The minimum atomic E-state index is -0.444. The minimum absolute atomic E-state index is 0.107. The Morgan fingerprint density at radius 1 is 1.18 bits per heavy atom. The third-order valence-corrected chi connectivity index (χ3v) is 4.67. The lowest BCUT2D eigenvalue weighted by Crippen LogP contribution is -2.19. The molecule has 0 heterocycles. The predicted octanol–water partition coefficient (Wildman–Crippen LogP) is 5.13. The first-order valence-corrected chi connectivity index (χ1v) is 6.47. The number of hydrogen-bond acceptors (Lipinski definition) is 0. The summed E-state index contributed by atoms with van der Waals surface area (Å²) >= 11 is 6.38. The highest BCUT2D eigenvalue weighted by Gasteiger charge is 2.38. The van der Waals surface area contributed by atoms with Crippen LogP contribution in [0.25, 0.3) is 0 Å². The van der Waals surface area contributed by atoms with Crippen LogP contribution in [0.5, 0.6) is 0 Å². The first-order valence-electron chi connectivity index (χ1n) is 6.04. The van der Waals surface area contributed by atoms with E-state index in [-0.39, 0.29) is 11.2 Å². The summed E-state index contributed by atoms with van der Waals surface area (Å²) in [6.07, 6.45) is 4.21. The van der Waals surface area contributed by atoms with Crippen molar-refractivity contribution in [2.24, 2.45) is 5.41 Å². The van der Waals surface area contributed by atoms with Crippen molar-refractivity contribution >= 4 is 11.6 Å². The molecule has 2 rings (SSSR count). The lowest BCUT2D eigenvalue weighted by molar-refractivity contribution is 0.316. The quantitative estimate of drug-likeness (QED) is 0.645. The Bertz CT molecular complexity index is 422. The molecule has 1 saturated carbocycles. The van der Waals surface area contributed by atoms with Gasteiger partial charge in [-0.15, -0.1) is 11.6 Å². The molecule has 0 spiro atoms. The highest BCUT2D eigenvalue weighted by molar-refractivity contribution is 6.21. The van der Waals surface area contributed by atoms with E-state index >= 15 is 0 Å². The zero-order chi connectivity index (χ0) is 12.6. The van der Waals surface area contributed by atoms with Crippen LogP contribution in [0, 0.1) is 24.0 Å². The largest absolute Gasteiger partial charge is 0.207 e. The van der Waals surface area contributed by atoms with E-state index in [1.54, 1.807) is 6.92 Å². The summed E-state index contributed by atoms with van der Waals surface area (Å²) in [7, 11) is 0. The van der Waals surface area contributed by atoms with Gasteiger partial charge < -0.3 is 0 Å². The average molecular weight is 259 g/mol. The zero-order valence-corrected chi connectivity index (χ0v) is 11.0. The Morgan fingerprint density at radius 2 is 1.76 bits per heavy atom. The van der Waals surface area contributed by atoms with E-state index in [0.29, 0.717) is 11.1 Å². The molecule has 1 aromatic carbocycles. The Balaban J connectivity index is 2.36. The highest BCUT2D eigenvalue weighted by atomic mass is 35.5. The van der Waals surface area contributed by atoms with Crippen LogP contribution >= 0.6 is 11.6 Å². The Morgan fingerprint density at radius 3 is 2.35 bits per heavy atom. The van der Waals surface area contributed by atoms with Gasteiger partial charge in [-0.3, -0.25) is 0 Å². The Kier molecular flexibility index (Phi) is 3.44. The standard InChI is InChI=1S/C14H17ClF2/c1-9-7-12(17)10(8-11(9)16)13(15)14(2)5-3-4-6-14/h7-8,13H,3-6H2,1-2H3. The van der Waals surface area contributed by atoms with Crippen LogP contribution in [-0.4, -0.2) is 0 Å². The summed E-state index contributed by atoms with van der Waals surface area (Å²) in [6, 6.07) is 2.49. The Labute approximate surface area is 106 Å². The molecule has 17 heavy (non-hydrogen) atoms. The second-order valence-corrected chi connectivity index (χ2v) is 5.78. The molecule has 0 radical (unpaired) electrons. The van der Waals surface area contributed by atoms with E-state index < -0.39 is 11.2 Å². The topological polar surface area (TPSA) is 0 Å². The maximum Gasteiger partial charge on any atom is 0.128 e. The van der Waals surface area contributed by atoms with E-state index in [0.717, 1.165) is 25.7 Å². The van der Waals surface area contributed by atoms with Gasteiger partial charge in [-0.25, -0.2) is 8.78 Å². The second kappa shape index (κ2) is 4.56. The summed E-state index contributed by atoms with van der Waals surface area (Å²) in [5.41, 5.74) is 0.523. The van der Waals surface area contributed by atoms with Gasteiger partial charge in [0.2, 0.25) is 0 Å². The fraction of sp³-hybridized carbons (Fsp3) is 0.571. The maximum absolute atomic E-state index is 13.9. The molecular formula is C14H17ClF2. The number of alkyl halides is 1. The first-order chi connectivity index (χ1) is 7.94. The third-order valence-electron chi connectivity index (χ3n) is 3.91. The van der Waals surface area contributed by atoms with Crippen molar-refractivity contribution in [2.75, 3.05) is 0 Å². The van der Waals surface area contributed by atoms with Crippen molar-refractivity contribution in [3.05, 3.63) is 34.9 Å². The predicted molar refractivity (Wildman–Crippen MR) is 66.3 cm³/mol. The van der Waals surface area contributed by atoms with Gasteiger partial charge >= 0.3 is 0 Å². The van der Waals surface area contributed by atoms with Crippen molar-refractivity contribution in [3.63, 3.8) is 0 Å². The van der Waals surface area contributed by atoms with Gasteiger partial charge in [0.15, 0.2) is 0 Å². The van der Waals surface area contributed by atoms with E-state index in [2.05, 4.69) is 6.92 Å². The summed E-state index contributed by atoms with van der Waals surface area (Å²) in [5.74, 6) is -0.773. The molecule has 0 bridgehead atoms. The van der Waals surface area contributed by atoms with Crippen LogP contribution in [0.2, 0.25) is 0 Å². The maximum atomic E-state index is 13.9. The van der Waals surface area contributed by atoms with Crippen molar-refractivity contribution in [1.82, 2.24) is 0 Å². The molecular weight excluding hydrogens is 242 g/mol. The van der Waals surface area contributed by atoms with Gasteiger partial charge in [0.05, 0.1) is 5.38 Å². The fourth-order valence-electron chi connectivity index (χ4n) is 2.67. The molecule has 0 aliphatic heterocycles. The van der Waals surface area contributed by atoms with Crippen molar-refractivity contribution in [1.29, 1.82) is 0 Å². The van der Waals surface area contributed by atoms with Crippen LogP contribution < -0.4 is 0 Å². The van der Waals surface area contributed by atoms with Crippen molar-refractivity contribution in [2.45, 2.75) is 44.9 Å². The second-order valence-electron chi connectivity index (χ2n) is 5.35. The van der Waals surface area contributed by atoms with Crippen LogP contribution in [0.1, 0.15) is 49.1 Å². The van der Waals surface area contributed by atoms with Gasteiger partial charge in [-0.2, -0.15) is 0 Å². The molecule has 1 atom stereocenters. The smallest absolute Gasteiger partial charge is 0.128 e. The van der Waals surface area contributed by atoms with Gasteiger partial charge in [0, 0.05) is 5.56 Å². The molecule has 1 unspecified atom stereocenters. The summed E-state index contributed by atoms with van der Waals surface area (Å²) in [5, 5.41) is -0.444. The molecule has 0 nitrogen and oxygen atoms in total. The van der Waals surface area contributed by atoms with E-state index in [1.807, 2.05) is 0 Å². The SMILES string of the molecule is Cc1cc(F)c(C(Cl)C2(C)CCCC2)cc1F. The minimum Gasteiger partial charge on any atom is -0.207 e. The summed E-state index contributed by atoms with van der Waals surface area (Å²) in [6.45, 7) is 3.62. The molecule has 1 aliphatic rings. The molecule has 0 amide bonds. The average Bonchev–Trinajstić information content (AvgIpc) is 2.71. The van der Waals surface area contributed by atoms with Gasteiger partial charge in [0.25, 0.3) is 0 Å². The number of halogens is 3. The number of benzene rings is 1. The number of rotatable bonds is 2. The molecule has 94 valence electrons. The van der Waals surface area contributed by atoms with E-state index in [4.69, 9.17) is 11.6 Å². The third kappa shape index (κ3) is 2.33. The lowest BCUT2D eigenvalue weighted by atomic mass is 9.81. The first kappa shape index (κ1) is 12.8. The summed E-state index contributed by atoms with van der Waals surface area (Å²) in [4.78, 5) is 0. The molecule has 1 aliphatic carbocycles. The fourth-order valence-corrected chi connectivity index (χ4v) is 3.05. The van der Waals surface area contributed by atoms with Gasteiger partial charge in [-0.1, -0.05) is 19.8 Å². The van der Waals surface area contributed by atoms with Crippen LogP contribution in [0.4, 0.5) is 8.78 Å². The Hall–Kier alpha value is -0.630. The van der Waals surface area contributed by atoms with Crippen LogP contribution in [0.15, 0.2) is 12.1 Å². The lowest BCUT2D eigenvalue weighted by Gasteiger charge is -2.30. The molecule has 0 aromatic heterocycles. The zero-order valence-electron chi connectivity index (χ0n) is 10.2. The summed E-state index contributed by atoms with van der Waals surface area (Å²) < 4.78 is 27.4. The van der Waals surface area contributed by atoms with Crippen LogP contribution in [-0.2, 0) is 0 Å². The van der Waals surface area contributed by atoms with Gasteiger partial charge in [-0.05, 0) is 42.9 Å². The molecule has 0 N–H and O–H groups in total. The van der Waals surface area contributed by atoms with E-state index in [9.17, 15) is 8.78 Å². The van der Waals surface area contributed by atoms with E-state index in [1.165, 1.54) is 12.1 Å². The highest BCUT2D eigenvalue weighted by Crippen LogP contribution is 2.51. The molecule has 0 saturated heterocycles. The van der Waals surface area contributed by atoms with Crippen molar-refractivity contribution in [3.8, 4) is 0 Å². The molecule has 1 aromatic rings. The molecule has 3 heteroatoms. The van der Waals surface area contributed by atoms with Gasteiger partial charge in [0.1, 0.15) is 11.6 Å². The number of hydrogen-bond donors (Lipinski definition) is 0. The molecule has 1 fully saturated rings. The number of aryl methyl sites for hydroxylation is 1. The monoisotopic (exact) mass is 258 g/mol. The van der Waals surface area contributed by atoms with Crippen LogP contribution in [0.3, 0.4) is 0 Å². The normalized spacial score (nSPS) is 20.5.